The first-order valence-electron chi connectivity index (χ1n) is 7.93. The Labute approximate surface area is 134 Å². The molecule has 2 aliphatic heterocycles. The lowest BCUT2D eigenvalue weighted by Crippen LogP contribution is -2.46. The minimum absolute atomic E-state index is 0.160. The van der Waals surface area contributed by atoms with Gasteiger partial charge in [0.1, 0.15) is 11.7 Å². The first-order chi connectivity index (χ1) is 11.2. The minimum Gasteiger partial charge on any atom is -0.324 e. The Morgan fingerprint density at radius 1 is 1.17 bits per heavy atom. The number of Topliss-reactive ketones (excluding diaryl/α,β-unsaturated/α-hetero) is 1. The summed E-state index contributed by atoms with van der Waals surface area (Å²) in [6.45, 7) is 1.28. The molecule has 0 saturated heterocycles. The fraction of sp³-hybridized carbons (Fsp3) is 0.263. The quantitative estimate of drug-likeness (QED) is 0.844. The van der Waals surface area contributed by atoms with Crippen LogP contribution in [0.5, 0.6) is 0 Å². The van der Waals surface area contributed by atoms with Crippen LogP contribution in [0.15, 0.2) is 53.5 Å². The highest BCUT2D eigenvalue weighted by Crippen LogP contribution is 2.35. The number of fused-ring (bicyclic) bond motifs is 2. The van der Waals surface area contributed by atoms with Gasteiger partial charge in [-0.3, -0.25) is 9.79 Å². The zero-order chi connectivity index (χ0) is 15.8. The molecule has 4 heteroatoms. The molecule has 3 nitrogen and oxygen atoms in total. The molecular formula is C19H17FN2O. The molecule has 4 rings (SSSR count). The van der Waals surface area contributed by atoms with Crippen LogP contribution in [0, 0.1) is 11.7 Å². The number of hydrogen-bond acceptors (Lipinski definition) is 3. The Kier molecular flexibility index (Phi) is 3.45. The maximum absolute atomic E-state index is 13.5. The van der Waals surface area contributed by atoms with Gasteiger partial charge in [0.15, 0.2) is 5.78 Å². The van der Waals surface area contributed by atoms with Gasteiger partial charge in [-0.25, -0.2) is 4.39 Å². The number of halogens is 1. The fourth-order valence-corrected chi connectivity index (χ4v) is 3.46. The zero-order valence-electron chi connectivity index (χ0n) is 12.7. The second-order valence-corrected chi connectivity index (χ2v) is 6.03. The molecule has 0 bridgehead atoms. The summed E-state index contributed by atoms with van der Waals surface area (Å²) in [7, 11) is 0. The van der Waals surface area contributed by atoms with Crippen molar-refractivity contribution in [2.75, 3.05) is 11.4 Å². The molecule has 0 N–H and O–H groups in total. The van der Waals surface area contributed by atoms with E-state index in [1.165, 1.54) is 12.1 Å². The van der Waals surface area contributed by atoms with E-state index < -0.39 is 0 Å². The van der Waals surface area contributed by atoms with E-state index in [-0.39, 0.29) is 17.5 Å². The van der Waals surface area contributed by atoms with Crippen molar-refractivity contribution in [3.63, 3.8) is 0 Å². The summed E-state index contributed by atoms with van der Waals surface area (Å²) in [6, 6.07) is 14.2. The molecule has 0 unspecified atom stereocenters. The number of aliphatic imine (C=N–C) groups is 1. The normalized spacial score (nSPS) is 19.9. The van der Waals surface area contributed by atoms with Crippen LogP contribution >= 0.6 is 0 Å². The monoisotopic (exact) mass is 308 g/mol. The van der Waals surface area contributed by atoms with Crippen LogP contribution in [-0.4, -0.2) is 18.2 Å². The predicted octanol–water partition coefficient (Wildman–Crippen LogP) is 3.84. The molecular weight excluding hydrogens is 291 g/mol. The number of ketones is 1. The Bertz CT molecular complexity index is 799. The molecule has 23 heavy (non-hydrogen) atoms. The van der Waals surface area contributed by atoms with Gasteiger partial charge in [0.05, 0.1) is 11.6 Å². The Morgan fingerprint density at radius 3 is 2.91 bits per heavy atom. The van der Waals surface area contributed by atoms with Crippen LogP contribution in [0.1, 0.15) is 28.8 Å². The highest BCUT2D eigenvalue weighted by atomic mass is 19.1. The summed E-state index contributed by atoms with van der Waals surface area (Å²) in [5.41, 5.74) is 2.49. The number of carbonyl (C=O) groups excluding carboxylic acids is 1. The van der Waals surface area contributed by atoms with Crippen molar-refractivity contribution < 1.29 is 9.18 Å². The lowest BCUT2D eigenvalue weighted by molar-refractivity contribution is 0.0943. The molecule has 2 heterocycles. The number of rotatable bonds is 2. The third kappa shape index (κ3) is 2.44. The Balaban J connectivity index is 1.80. The molecule has 0 aliphatic carbocycles. The van der Waals surface area contributed by atoms with E-state index in [1.807, 2.05) is 30.3 Å². The summed E-state index contributed by atoms with van der Waals surface area (Å²) < 4.78 is 13.5. The van der Waals surface area contributed by atoms with Gasteiger partial charge in [-0.15, -0.1) is 0 Å². The number of benzene rings is 2. The molecule has 0 fully saturated rings. The smallest absolute Gasteiger partial charge is 0.175 e. The van der Waals surface area contributed by atoms with Crippen LogP contribution in [0.3, 0.4) is 0 Å². The first kappa shape index (κ1) is 14.1. The lowest BCUT2D eigenvalue weighted by Gasteiger charge is -2.38. The minimum atomic E-state index is -0.244. The van der Waals surface area contributed by atoms with E-state index in [2.05, 4.69) is 9.89 Å². The topological polar surface area (TPSA) is 32.7 Å². The van der Waals surface area contributed by atoms with E-state index in [0.717, 1.165) is 42.0 Å². The maximum atomic E-state index is 13.5. The van der Waals surface area contributed by atoms with Crippen molar-refractivity contribution in [1.82, 2.24) is 0 Å². The molecule has 0 amide bonds. The van der Waals surface area contributed by atoms with Crippen molar-refractivity contribution >= 4 is 17.3 Å². The first-order valence-corrected chi connectivity index (χ1v) is 7.93. The highest BCUT2D eigenvalue weighted by Gasteiger charge is 2.38. The summed E-state index contributed by atoms with van der Waals surface area (Å²) in [5.74, 6) is 0.594. The molecule has 1 atom stereocenters. The second-order valence-electron chi connectivity index (χ2n) is 6.03. The number of para-hydroxylation sites is 1. The molecule has 0 radical (unpaired) electrons. The van der Waals surface area contributed by atoms with Gasteiger partial charge in [0.2, 0.25) is 0 Å². The second kappa shape index (κ2) is 5.61. The molecule has 0 saturated carbocycles. The van der Waals surface area contributed by atoms with Gasteiger partial charge in [0.25, 0.3) is 0 Å². The van der Waals surface area contributed by atoms with Crippen LogP contribution < -0.4 is 4.90 Å². The molecule has 2 aromatic rings. The van der Waals surface area contributed by atoms with Crippen LogP contribution in [0.2, 0.25) is 0 Å². The zero-order valence-corrected chi connectivity index (χ0v) is 12.7. The van der Waals surface area contributed by atoms with Crippen LogP contribution in [-0.2, 0) is 6.54 Å². The number of anilines is 1. The molecule has 0 aromatic heterocycles. The van der Waals surface area contributed by atoms with Crippen LogP contribution in [0.4, 0.5) is 10.1 Å². The summed E-state index contributed by atoms with van der Waals surface area (Å²) in [5, 5.41) is 0. The van der Waals surface area contributed by atoms with Gasteiger partial charge < -0.3 is 4.90 Å². The Hall–Kier alpha value is -2.49. The van der Waals surface area contributed by atoms with Crippen molar-refractivity contribution in [1.29, 1.82) is 0 Å². The van der Waals surface area contributed by atoms with Crippen molar-refractivity contribution in [2.24, 2.45) is 10.9 Å². The van der Waals surface area contributed by atoms with Gasteiger partial charge in [0, 0.05) is 18.7 Å². The van der Waals surface area contributed by atoms with E-state index in [1.54, 1.807) is 6.07 Å². The highest BCUT2D eigenvalue weighted by molar-refractivity contribution is 6.23. The van der Waals surface area contributed by atoms with E-state index in [9.17, 15) is 9.18 Å². The van der Waals surface area contributed by atoms with Crippen molar-refractivity contribution in [2.45, 2.75) is 19.4 Å². The molecule has 116 valence electrons. The average molecular weight is 308 g/mol. The summed E-state index contributed by atoms with van der Waals surface area (Å²) in [4.78, 5) is 19.4. The van der Waals surface area contributed by atoms with Gasteiger partial charge in [-0.1, -0.05) is 24.3 Å². The number of hydrogen-bond donors (Lipinski definition) is 0. The van der Waals surface area contributed by atoms with E-state index in [4.69, 9.17) is 0 Å². The number of nitrogens with zero attached hydrogens (tertiary/aromatic N) is 2. The molecule has 2 aromatic carbocycles. The van der Waals surface area contributed by atoms with Crippen molar-refractivity contribution in [3.8, 4) is 0 Å². The summed E-state index contributed by atoms with van der Waals surface area (Å²) in [6.07, 6.45) is 1.78. The standard InChI is InChI=1S/C19H17FN2O/c20-14-6-3-5-13(11-14)12-22-17-9-2-1-7-15(17)18(23)16-8-4-10-21-19(16)22/h1-3,5-7,9,11,16H,4,8,10,12H2/t16-/m0/s1. The molecule has 0 spiro atoms. The van der Waals surface area contributed by atoms with Gasteiger partial charge in [-0.05, 0) is 42.7 Å². The molecule has 2 aliphatic rings. The van der Waals surface area contributed by atoms with E-state index in [0.29, 0.717) is 6.54 Å². The SMILES string of the molecule is O=C1c2ccccc2N(Cc2cccc(F)c2)C2=NCCC[C@@H]12. The Morgan fingerprint density at radius 2 is 2.04 bits per heavy atom. The van der Waals surface area contributed by atoms with Crippen molar-refractivity contribution in [3.05, 3.63) is 65.5 Å². The summed E-state index contributed by atoms with van der Waals surface area (Å²) >= 11 is 0. The number of carbonyl (C=O) groups is 1. The third-order valence-electron chi connectivity index (χ3n) is 4.52. The third-order valence-corrected chi connectivity index (χ3v) is 4.52. The lowest BCUT2D eigenvalue weighted by atomic mass is 9.85. The maximum Gasteiger partial charge on any atom is 0.175 e. The largest absolute Gasteiger partial charge is 0.324 e. The average Bonchev–Trinajstić information content (AvgIpc) is 2.59. The fourth-order valence-electron chi connectivity index (χ4n) is 3.46. The van der Waals surface area contributed by atoms with Gasteiger partial charge >= 0.3 is 0 Å². The predicted molar refractivity (Wildman–Crippen MR) is 88.4 cm³/mol. The van der Waals surface area contributed by atoms with Gasteiger partial charge in [-0.2, -0.15) is 0 Å². The number of amidine groups is 1. The van der Waals surface area contributed by atoms with E-state index >= 15 is 0 Å². The van der Waals surface area contributed by atoms with Crippen LogP contribution in [0.25, 0.3) is 0 Å².